The van der Waals surface area contributed by atoms with Gasteiger partial charge >= 0.3 is 0 Å². The van der Waals surface area contributed by atoms with E-state index in [1.54, 1.807) is 0 Å². The third kappa shape index (κ3) is 4.44. The lowest BCUT2D eigenvalue weighted by Gasteiger charge is -2.11. The van der Waals surface area contributed by atoms with E-state index in [4.69, 9.17) is 22.1 Å². The van der Waals surface area contributed by atoms with Crippen LogP contribution in [-0.4, -0.2) is 47.6 Å². The molecule has 0 aliphatic rings. The quantitative estimate of drug-likeness (QED) is 0.647. The number of anilines is 1. The van der Waals surface area contributed by atoms with E-state index in [2.05, 4.69) is 15.5 Å². The predicted octanol–water partition coefficient (Wildman–Crippen LogP) is 0.0382. The molecule has 1 heterocycles. The van der Waals surface area contributed by atoms with Crippen molar-refractivity contribution < 1.29 is 14.6 Å². The van der Waals surface area contributed by atoms with Crippen molar-refractivity contribution in [3.05, 3.63) is 16.8 Å². The highest BCUT2D eigenvalue weighted by Gasteiger charge is 2.12. The molecule has 8 heteroatoms. The normalized spacial score (nSPS) is 12.2. The first-order valence-corrected chi connectivity index (χ1v) is 5.66. The van der Waals surface area contributed by atoms with E-state index in [0.717, 1.165) is 0 Å². The zero-order valence-electron chi connectivity index (χ0n) is 9.89. The van der Waals surface area contributed by atoms with E-state index in [9.17, 15) is 9.90 Å². The molecule has 18 heavy (non-hydrogen) atoms. The van der Waals surface area contributed by atoms with E-state index >= 15 is 0 Å². The number of hydrogen-bond acceptors (Lipinski definition) is 6. The summed E-state index contributed by atoms with van der Waals surface area (Å²) in [6, 6.07) is 1.34. The number of ether oxygens (including phenoxy) is 1. The van der Waals surface area contributed by atoms with Crippen molar-refractivity contribution in [3.63, 3.8) is 0 Å². The maximum Gasteiger partial charge on any atom is 0.252 e. The maximum absolute atomic E-state index is 11.2. The zero-order chi connectivity index (χ0) is 13.5. The number of nitrogens with zero attached hydrogens (tertiary/aromatic N) is 2. The molecule has 0 fully saturated rings. The molecule has 0 aromatic carbocycles. The van der Waals surface area contributed by atoms with E-state index in [1.807, 2.05) is 0 Å². The Kier molecular flexibility index (Phi) is 5.76. The van der Waals surface area contributed by atoms with Gasteiger partial charge < -0.3 is 20.9 Å². The molecule has 1 aromatic heterocycles. The number of carbonyl (C=O) groups excluding carboxylic acids is 1. The molecule has 0 spiro atoms. The molecule has 0 radical (unpaired) electrons. The van der Waals surface area contributed by atoms with Gasteiger partial charge in [-0.1, -0.05) is 11.6 Å². The number of nitrogens with two attached hydrogens (primary N) is 1. The third-order valence-corrected chi connectivity index (χ3v) is 2.34. The van der Waals surface area contributed by atoms with E-state index < -0.39 is 12.0 Å². The lowest BCUT2D eigenvalue weighted by atomic mass is 10.2. The second-order valence-electron chi connectivity index (χ2n) is 3.62. The topological polar surface area (TPSA) is 110 Å². The number of halogens is 1. The lowest BCUT2D eigenvalue weighted by Crippen LogP contribution is -2.21. The molecule has 4 N–H and O–H groups in total. The highest BCUT2D eigenvalue weighted by atomic mass is 35.5. The minimum atomic E-state index is -0.647. The smallest absolute Gasteiger partial charge is 0.252 e. The van der Waals surface area contributed by atoms with Gasteiger partial charge in [0.15, 0.2) is 11.0 Å². The summed E-state index contributed by atoms with van der Waals surface area (Å²) in [7, 11) is 1.51. The van der Waals surface area contributed by atoms with Crippen LogP contribution in [0.4, 0.5) is 5.82 Å². The molecule has 1 amide bonds. The Bertz CT molecular complexity index is 416. The van der Waals surface area contributed by atoms with Crippen LogP contribution in [0.3, 0.4) is 0 Å². The SMILES string of the molecule is COCC(O)CCNc1nnc(Cl)cc1C(N)=O. The highest BCUT2D eigenvalue weighted by Crippen LogP contribution is 2.14. The van der Waals surface area contributed by atoms with Gasteiger partial charge in [-0.3, -0.25) is 4.79 Å². The van der Waals surface area contributed by atoms with Crippen LogP contribution in [0.5, 0.6) is 0 Å². The van der Waals surface area contributed by atoms with Crippen LogP contribution >= 0.6 is 11.6 Å². The second kappa shape index (κ2) is 7.10. The van der Waals surface area contributed by atoms with Gasteiger partial charge in [0.05, 0.1) is 18.3 Å². The fraction of sp³-hybridized carbons (Fsp3) is 0.500. The van der Waals surface area contributed by atoms with Crippen LogP contribution in [-0.2, 0) is 4.74 Å². The number of aromatic nitrogens is 2. The average molecular weight is 275 g/mol. The largest absolute Gasteiger partial charge is 0.391 e. The zero-order valence-corrected chi connectivity index (χ0v) is 10.6. The summed E-state index contributed by atoms with van der Waals surface area (Å²) < 4.78 is 4.79. The molecular weight excluding hydrogens is 260 g/mol. The van der Waals surface area contributed by atoms with Crippen LogP contribution < -0.4 is 11.1 Å². The van der Waals surface area contributed by atoms with E-state index in [0.29, 0.717) is 13.0 Å². The number of methoxy groups -OCH3 is 1. The summed E-state index contributed by atoms with van der Waals surface area (Å²) in [5.74, 6) is -0.400. The van der Waals surface area contributed by atoms with Crippen LogP contribution in [0.1, 0.15) is 16.8 Å². The summed E-state index contributed by atoms with van der Waals surface area (Å²) in [6.45, 7) is 0.651. The van der Waals surface area contributed by atoms with Gasteiger partial charge in [-0.15, -0.1) is 10.2 Å². The number of rotatable bonds is 7. The van der Waals surface area contributed by atoms with Gasteiger partial charge in [0, 0.05) is 13.7 Å². The number of aliphatic hydroxyl groups is 1. The van der Waals surface area contributed by atoms with Crippen molar-refractivity contribution in [2.45, 2.75) is 12.5 Å². The van der Waals surface area contributed by atoms with Crippen molar-refractivity contribution in [2.24, 2.45) is 5.73 Å². The third-order valence-electron chi connectivity index (χ3n) is 2.16. The summed E-state index contributed by atoms with van der Waals surface area (Å²) in [5.41, 5.74) is 5.35. The molecular formula is C10H15ClN4O3. The Morgan fingerprint density at radius 2 is 2.39 bits per heavy atom. The van der Waals surface area contributed by atoms with Gasteiger partial charge in [-0.05, 0) is 12.5 Å². The monoisotopic (exact) mass is 274 g/mol. The van der Waals surface area contributed by atoms with Gasteiger partial charge in [0.25, 0.3) is 5.91 Å². The van der Waals surface area contributed by atoms with Crippen molar-refractivity contribution in [1.29, 1.82) is 0 Å². The average Bonchev–Trinajstić information content (AvgIpc) is 2.31. The maximum atomic E-state index is 11.2. The van der Waals surface area contributed by atoms with Crippen LogP contribution in [0, 0.1) is 0 Å². The lowest BCUT2D eigenvalue weighted by molar-refractivity contribution is 0.0615. The fourth-order valence-corrected chi connectivity index (χ4v) is 1.47. The molecule has 0 saturated carbocycles. The number of amides is 1. The molecule has 1 rings (SSSR count). The summed E-state index contributed by atoms with van der Waals surface area (Å²) >= 11 is 5.62. The first-order valence-electron chi connectivity index (χ1n) is 5.28. The van der Waals surface area contributed by atoms with Gasteiger partial charge in [0.1, 0.15) is 0 Å². The molecule has 0 bridgehead atoms. The Balaban J connectivity index is 2.59. The molecule has 0 saturated heterocycles. The van der Waals surface area contributed by atoms with Gasteiger partial charge in [-0.2, -0.15) is 0 Å². The molecule has 0 aliphatic carbocycles. The van der Waals surface area contributed by atoms with Crippen LogP contribution in [0.25, 0.3) is 0 Å². The van der Waals surface area contributed by atoms with E-state index in [-0.39, 0.29) is 23.1 Å². The minimum Gasteiger partial charge on any atom is -0.391 e. The Morgan fingerprint density at radius 1 is 1.67 bits per heavy atom. The van der Waals surface area contributed by atoms with Crippen LogP contribution in [0.15, 0.2) is 6.07 Å². The Morgan fingerprint density at radius 3 is 3.00 bits per heavy atom. The van der Waals surface area contributed by atoms with Crippen LogP contribution in [0.2, 0.25) is 5.15 Å². The molecule has 1 atom stereocenters. The van der Waals surface area contributed by atoms with Crippen molar-refractivity contribution in [3.8, 4) is 0 Å². The molecule has 100 valence electrons. The fourth-order valence-electron chi connectivity index (χ4n) is 1.32. The summed E-state index contributed by atoms with van der Waals surface area (Å²) in [4.78, 5) is 11.2. The highest BCUT2D eigenvalue weighted by molar-refractivity contribution is 6.29. The number of hydrogen-bond donors (Lipinski definition) is 3. The molecule has 1 unspecified atom stereocenters. The first-order chi connectivity index (χ1) is 8.54. The molecule has 0 aliphatic heterocycles. The minimum absolute atomic E-state index is 0.0915. The first kappa shape index (κ1) is 14.6. The van der Waals surface area contributed by atoms with E-state index in [1.165, 1.54) is 13.2 Å². The molecule has 1 aromatic rings. The summed E-state index contributed by atoms with van der Waals surface area (Å²) in [6.07, 6.45) is -0.143. The standard InChI is InChI=1S/C10H15ClN4O3/c1-18-5-6(16)2-3-13-10-7(9(12)17)4-8(11)14-15-10/h4,6,16H,2-3,5H2,1H3,(H2,12,17)(H,13,15). The van der Waals surface area contributed by atoms with Gasteiger partial charge in [-0.25, -0.2) is 0 Å². The number of primary amides is 1. The summed E-state index contributed by atoms with van der Waals surface area (Å²) in [5, 5.41) is 19.7. The number of nitrogens with one attached hydrogen (secondary N) is 1. The molecule has 7 nitrogen and oxygen atoms in total. The Labute approximate surface area is 109 Å². The predicted molar refractivity (Wildman–Crippen MR) is 66.5 cm³/mol. The second-order valence-corrected chi connectivity index (χ2v) is 4.01. The number of aliphatic hydroxyl groups excluding tert-OH is 1. The Hall–Kier alpha value is -1.44. The van der Waals surface area contributed by atoms with Crippen molar-refractivity contribution in [2.75, 3.05) is 25.6 Å². The van der Waals surface area contributed by atoms with Gasteiger partial charge in [0.2, 0.25) is 0 Å². The van der Waals surface area contributed by atoms with Crippen molar-refractivity contribution >= 4 is 23.3 Å². The number of carbonyl (C=O) groups is 1. The van der Waals surface area contributed by atoms with Crippen molar-refractivity contribution in [1.82, 2.24) is 10.2 Å².